The molecule has 8 heteroatoms. The van der Waals surface area contributed by atoms with E-state index < -0.39 is 17.9 Å². The molecule has 1 atom stereocenters. The first-order valence-corrected chi connectivity index (χ1v) is 6.07. The second-order valence-corrected chi connectivity index (χ2v) is 4.37. The van der Waals surface area contributed by atoms with Crippen LogP contribution in [0, 0.1) is 6.92 Å². The monoisotopic (exact) mass is 291 g/mol. The van der Waals surface area contributed by atoms with E-state index in [1.807, 2.05) is 0 Å². The maximum Gasteiger partial charge on any atom is 0.326 e. The number of rotatable bonds is 5. The fourth-order valence-electron chi connectivity index (χ4n) is 1.68. The lowest BCUT2D eigenvalue weighted by molar-refractivity contribution is -0.139. The highest BCUT2D eigenvalue weighted by Crippen LogP contribution is 2.11. The van der Waals surface area contributed by atoms with Gasteiger partial charge in [-0.25, -0.2) is 4.79 Å². The first kappa shape index (κ1) is 14.5. The molecule has 1 aromatic carbocycles. The van der Waals surface area contributed by atoms with Gasteiger partial charge in [0.05, 0.1) is 0 Å². The fourth-order valence-corrected chi connectivity index (χ4v) is 1.68. The van der Waals surface area contributed by atoms with Crippen LogP contribution in [0.15, 0.2) is 28.8 Å². The summed E-state index contributed by atoms with van der Waals surface area (Å²) in [6.07, 6.45) is 0.0676. The molecule has 1 heterocycles. The number of phenolic OH excluding ortho intramolecular Hbond substituents is 1. The van der Waals surface area contributed by atoms with Crippen molar-refractivity contribution in [2.75, 3.05) is 0 Å². The highest BCUT2D eigenvalue weighted by Gasteiger charge is 2.23. The van der Waals surface area contributed by atoms with Gasteiger partial charge in [0.15, 0.2) is 0 Å². The molecular formula is C13H13N3O5. The molecule has 0 spiro atoms. The topological polar surface area (TPSA) is 126 Å². The first-order chi connectivity index (χ1) is 9.95. The molecule has 110 valence electrons. The van der Waals surface area contributed by atoms with Gasteiger partial charge in [-0.3, -0.25) is 4.79 Å². The van der Waals surface area contributed by atoms with E-state index in [2.05, 4.69) is 20.0 Å². The van der Waals surface area contributed by atoms with Gasteiger partial charge in [-0.05, 0) is 17.7 Å². The fraction of sp³-hybridized carbons (Fsp3) is 0.231. The van der Waals surface area contributed by atoms with E-state index in [-0.39, 0.29) is 23.9 Å². The van der Waals surface area contributed by atoms with Crippen LogP contribution in [-0.4, -0.2) is 38.3 Å². The SMILES string of the molecule is Cc1nc(C(=O)N[C@H](Cc2ccc(O)cc2)C(=O)O)no1. The number of carboxylic acids is 1. The van der Waals surface area contributed by atoms with Gasteiger partial charge in [0.1, 0.15) is 11.8 Å². The number of hydrogen-bond donors (Lipinski definition) is 3. The third kappa shape index (κ3) is 3.78. The van der Waals surface area contributed by atoms with Crippen molar-refractivity contribution in [1.82, 2.24) is 15.5 Å². The third-order valence-corrected chi connectivity index (χ3v) is 2.71. The van der Waals surface area contributed by atoms with Crippen LogP contribution in [-0.2, 0) is 11.2 Å². The number of aromatic hydroxyl groups is 1. The Morgan fingerprint density at radius 3 is 2.52 bits per heavy atom. The van der Waals surface area contributed by atoms with Crippen LogP contribution in [0.3, 0.4) is 0 Å². The van der Waals surface area contributed by atoms with E-state index >= 15 is 0 Å². The van der Waals surface area contributed by atoms with Gasteiger partial charge in [0.2, 0.25) is 5.89 Å². The van der Waals surface area contributed by atoms with E-state index in [0.29, 0.717) is 5.56 Å². The smallest absolute Gasteiger partial charge is 0.326 e. The number of amides is 1. The molecule has 2 rings (SSSR count). The summed E-state index contributed by atoms with van der Waals surface area (Å²) in [5, 5.41) is 24.1. The van der Waals surface area contributed by atoms with Crippen molar-refractivity contribution < 1.29 is 24.3 Å². The average Bonchev–Trinajstić information content (AvgIpc) is 2.87. The summed E-state index contributed by atoms with van der Waals surface area (Å²) < 4.78 is 4.66. The second kappa shape index (κ2) is 6.04. The Kier molecular flexibility index (Phi) is 4.17. The Morgan fingerprint density at radius 2 is 2.00 bits per heavy atom. The minimum absolute atomic E-state index is 0.0676. The molecule has 0 saturated carbocycles. The minimum atomic E-state index is -1.18. The van der Waals surface area contributed by atoms with Crippen LogP contribution < -0.4 is 5.32 Å². The van der Waals surface area contributed by atoms with Crippen molar-refractivity contribution in [3.05, 3.63) is 41.5 Å². The van der Waals surface area contributed by atoms with Crippen LogP contribution in [0.25, 0.3) is 0 Å². The normalized spacial score (nSPS) is 11.9. The Labute approximate surface area is 119 Å². The summed E-state index contributed by atoms with van der Waals surface area (Å²) in [5.41, 5.74) is 0.657. The molecule has 0 saturated heterocycles. The molecule has 0 aliphatic heterocycles. The molecule has 1 aromatic heterocycles. The number of aliphatic carboxylic acids is 1. The molecule has 1 amide bonds. The summed E-state index contributed by atoms with van der Waals surface area (Å²) in [4.78, 5) is 26.8. The molecule has 2 aromatic rings. The van der Waals surface area contributed by atoms with E-state index in [0.717, 1.165) is 0 Å². The number of carbonyl (C=O) groups excluding carboxylic acids is 1. The van der Waals surface area contributed by atoms with Crippen molar-refractivity contribution in [3.63, 3.8) is 0 Å². The summed E-state index contributed by atoms with van der Waals surface area (Å²) in [6.45, 7) is 1.52. The van der Waals surface area contributed by atoms with Gasteiger partial charge in [0, 0.05) is 13.3 Å². The van der Waals surface area contributed by atoms with Crippen molar-refractivity contribution in [3.8, 4) is 5.75 Å². The molecule has 3 N–H and O–H groups in total. The number of aryl methyl sites for hydroxylation is 1. The van der Waals surface area contributed by atoms with Crippen LogP contribution in [0.5, 0.6) is 5.75 Å². The zero-order valence-corrected chi connectivity index (χ0v) is 11.1. The molecular weight excluding hydrogens is 278 g/mol. The molecule has 0 unspecified atom stereocenters. The van der Waals surface area contributed by atoms with Gasteiger partial charge in [0.25, 0.3) is 11.7 Å². The molecule has 21 heavy (non-hydrogen) atoms. The Balaban J connectivity index is 2.07. The molecule has 0 aliphatic carbocycles. The quantitative estimate of drug-likeness (QED) is 0.732. The zero-order chi connectivity index (χ0) is 15.4. The molecule has 0 aliphatic rings. The Morgan fingerprint density at radius 1 is 1.33 bits per heavy atom. The van der Waals surface area contributed by atoms with Gasteiger partial charge in [-0.1, -0.05) is 17.3 Å². The van der Waals surface area contributed by atoms with Crippen molar-refractivity contribution in [1.29, 1.82) is 0 Å². The Hall–Kier alpha value is -2.90. The summed E-state index contributed by atoms with van der Waals surface area (Å²) in [6, 6.07) is 4.91. The van der Waals surface area contributed by atoms with E-state index in [9.17, 15) is 14.7 Å². The maximum atomic E-state index is 11.8. The van der Waals surface area contributed by atoms with Gasteiger partial charge in [-0.2, -0.15) is 4.98 Å². The summed E-state index contributed by atoms with van der Waals surface area (Å²) >= 11 is 0. The number of aromatic nitrogens is 2. The van der Waals surface area contributed by atoms with Crippen LogP contribution in [0.2, 0.25) is 0 Å². The highest BCUT2D eigenvalue weighted by molar-refractivity contribution is 5.93. The number of benzene rings is 1. The van der Waals surface area contributed by atoms with Gasteiger partial charge < -0.3 is 20.1 Å². The number of carbonyl (C=O) groups is 2. The standard InChI is InChI=1S/C13H13N3O5/c1-7-14-11(16-21-7)12(18)15-10(13(19)20)6-8-2-4-9(17)5-3-8/h2-5,10,17H,6H2,1H3,(H,15,18)(H,19,20)/t10-/m1/s1. The minimum Gasteiger partial charge on any atom is -0.508 e. The number of phenols is 1. The van der Waals surface area contributed by atoms with Crippen molar-refractivity contribution in [2.24, 2.45) is 0 Å². The average molecular weight is 291 g/mol. The summed E-state index contributed by atoms with van der Waals surface area (Å²) in [5.74, 6) is -1.83. The molecule has 0 radical (unpaired) electrons. The number of carboxylic acid groups (broad SMARTS) is 1. The van der Waals surface area contributed by atoms with Gasteiger partial charge in [-0.15, -0.1) is 0 Å². The highest BCUT2D eigenvalue weighted by atomic mass is 16.5. The maximum absolute atomic E-state index is 11.8. The second-order valence-electron chi connectivity index (χ2n) is 4.37. The molecule has 0 fully saturated rings. The first-order valence-electron chi connectivity index (χ1n) is 6.07. The van der Waals surface area contributed by atoms with Gasteiger partial charge >= 0.3 is 5.97 Å². The number of nitrogens with one attached hydrogen (secondary N) is 1. The van der Waals surface area contributed by atoms with Crippen LogP contribution >= 0.6 is 0 Å². The summed E-state index contributed by atoms with van der Waals surface area (Å²) in [7, 11) is 0. The molecule has 8 nitrogen and oxygen atoms in total. The van der Waals surface area contributed by atoms with E-state index in [4.69, 9.17) is 5.11 Å². The number of hydrogen-bond acceptors (Lipinski definition) is 6. The zero-order valence-electron chi connectivity index (χ0n) is 11.1. The van der Waals surface area contributed by atoms with E-state index in [1.54, 1.807) is 12.1 Å². The lowest BCUT2D eigenvalue weighted by atomic mass is 10.1. The molecule has 0 bridgehead atoms. The number of nitrogens with zero attached hydrogens (tertiary/aromatic N) is 2. The van der Waals surface area contributed by atoms with Crippen LogP contribution in [0.1, 0.15) is 22.1 Å². The third-order valence-electron chi connectivity index (χ3n) is 2.71. The lowest BCUT2D eigenvalue weighted by Crippen LogP contribution is -2.42. The largest absolute Gasteiger partial charge is 0.508 e. The Bertz CT molecular complexity index is 650. The van der Waals surface area contributed by atoms with Crippen molar-refractivity contribution in [2.45, 2.75) is 19.4 Å². The van der Waals surface area contributed by atoms with E-state index in [1.165, 1.54) is 19.1 Å². The lowest BCUT2D eigenvalue weighted by Gasteiger charge is -2.13. The predicted octanol–water partition coefficient (Wildman–Crippen LogP) is 0.509. The van der Waals surface area contributed by atoms with Crippen LogP contribution in [0.4, 0.5) is 0 Å². The van der Waals surface area contributed by atoms with Crippen molar-refractivity contribution >= 4 is 11.9 Å². The predicted molar refractivity (Wildman–Crippen MR) is 69.7 cm³/mol.